The van der Waals surface area contributed by atoms with Crippen molar-refractivity contribution in [1.82, 2.24) is 23.9 Å². The van der Waals surface area contributed by atoms with Crippen LogP contribution in [-0.2, 0) is 27.1 Å². The molecule has 41 heavy (non-hydrogen) atoms. The van der Waals surface area contributed by atoms with Crippen LogP contribution in [-0.4, -0.2) is 90.7 Å². The maximum Gasteiger partial charge on any atom is 0.267 e. The Hall–Kier alpha value is -3.47. The number of likely N-dealkylation sites (N-methyl/N-ethyl adjacent to an activating group) is 1. The summed E-state index contributed by atoms with van der Waals surface area (Å²) in [5.41, 5.74) is 0.332. The first kappa shape index (κ1) is 30.5. The molecule has 224 valence electrons. The minimum Gasteiger partial charge on any atom is -0.488 e. The average Bonchev–Trinajstić information content (AvgIpc) is 3.50. The number of amides is 1. The number of hydrogen-bond donors (Lipinski definition) is 2. The minimum atomic E-state index is -4.10. The summed E-state index contributed by atoms with van der Waals surface area (Å²) in [5.74, 6) is -0.560. The van der Waals surface area contributed by atoms with E-state index in [0.717, 1.165) is 4.31 Å². The fourth-order valence-electron chi connectivity index (χ4n) is 4.60. The number of imidazole rings is 1. The van der Waals surface area contributed by atoms with E-state index in [1.54, 1.807) is 14.0 Å². The normalized spacial score (nSPS) is 18.9. The van der Waals surface area contributed by atoms with E-state index < -0.39 is 38.1 Å². The SMILES string of the molecule is Cc1noc(C)c1S(=O)(=O)Nc1ccc2c(c1)C(=O)N([C@H](C)CO)C[C@H](C)[C@H](CN(C)S(=O)(=O)c1cn(C)cn1)O2. The van der Waals surface area contributed by atoms with E-state index in [2.05, 4.69) is 14.9 Å². The molecular formula is C25H34N6O8S2. The molecule has 1 aliphatic heterocycles. The number of nitrogens with zero attached hydrogens (tertiary/aromatic N) is 5. The minimum absolute atomic E-state index is 0.0522. The van der Waals surface area contributed by atoms with E-state index in [-0.39, 0.29) is 64.0 Å². The third-order valence-corrected chi connectivity index (χ3v) is 10.3. The summed E-state index contributed by atoms with van der Waals surface area (Å²) in [6.45, 7) is 6.27. The van der Waals surface area contributed by atoms with Crippen molar-refractivity contribution in [3.8, 4) is 5.75 Å². The number of aliphatic hydroxyl groups excluding tert-OH is 1. The molecular weight excluding hydrogens is 576 g/mol. The van der Waals surface area contributed by atoms with Gasteiger partial charge in [0.2, 0.25) is 0 Å². The number of anilines is 1. The molecule has 1 aromatic carbocycles. The number of rotatable bonds is 9. The number of carbonyl (C=O) groups is 1. The van der Waals surface area contributed by atoms with Crippen molar-refractivity contribution in [2.45, 2.75) is 49.8 Å². The molecule has 0 saturated heterocycles. The molecule has 2 N–H and O–H groups in total. The molecule has 0 spiro atoms. The maximum atomic E-state index is 13.7. The highest BCUT2D eigenvalue weighted by molar-refractivity contribution is 7.92. The fraction of sp³-hybridized carbons (Fsp3) is 0.480. The summed E-state index contributed by atoms with van der Waals surface area (Å²) in [6, 6.07) is 3.68. The molecule has 14 nitrogen and oxygen atoms in total. The predicted molar refractivity (Wildman–Crippen MR) is 147 cm³/mol. The van der Waals surface area contributed by atoms with Gasteiger partial charge in [0, 0.05) is 38.4 Å². The van der Waals surface area contributed by atoms with Crippen LogP contribution in [0.4, 0.5) is 5.69 Å². The van der Waals surface area contributed by atoms with Crippen LogP contribution in [0.15, 0.2) is 45.2 Å². The van der Waals surface area contributed by atoms with Crippen molar-refractivity contribution in [1.29, 1.82) is 0 Å². The predicted octanol–water partition coefficient (Wildman–Crippen LogP) is 1.37. The average molecular weight is 611 g/mol. The fourth-order valence-corrected chi connectivity index (χ4v) is 7.13. The maximum absolute atomic E-state index is 13.7. The molecule has 0 saturated carbocycles. The van der Waals surface area contributed by atoms with Crippen molar-refractivity contribution in [2.24, 2.45) is 13.0 Å². The van der Waals surface area contributed by atoms with Crippen molar-refractivity contribution in [2.75, 3.05) is 31.5 Å². The number of benzene rings is 1. The van der Waals surface area contributed by atoms with Crippen molar-refractivity contribution < 1.29 is 36.0 Å². The lowest BCUT2D eigenvalue weighted by atomic mass is 9.99. The van der Waals surface area contributed by atoms with Gasteiger partial charge in [0.1, 0.15) is 17.5 Å². The first-order valence-corrected chi connectivity index (χ1v) is 15.7. The first-order valence-electron chi connectivity index (χ1n) is 12.8. The van der Waals surface area contributed by atoms with Crippen LogP contribution in [0, 0.1) is 19.8 Å². The molecule has 0 fully saturated rings. The third kappa shape index (κ3) is 6.10. The summed E-state index contributed by atoms with van der Waals surface area (Å²) in [6.07, 6.45) is 2.09. The molecule has 1 aliphatic rings. The number of aliphatic hydroxyl groups is 1. The number of ether oxygens (including phenoxy) is 1. The number of aromatic nitrogens is 3. The third-order valence-electron chi connectivity index (χ3n) is 6.95. The van der Waals surface area contributed by atoms with E-state index >= 15 is 0 Å². The molecule has 4 rings (SSSR count). The summed E-state index contributed by atoms with van der Waals surface area (Å²) in [7, 11) is -4.94. The van der Waals surface area contributed by atoms with Gasteiger partial charge in [0.25, 0.3) is 26.0 Å². The number of nitrogens with one attached hydrogen (secondary N) is 1. The van der Waals surface area contributed by atoms with Gasteiger partial charge in [-0.15, -0.1) is 0 Å². The highest BCUT2D eigenvalue weighted by Crippen LogP contribution is 2.32. The number of fused-ring (bicyclic) bond motifs is 1. The van der Waals surface area contributed by atoms with Crippen molar-refractivity contribution in [3.63, 3.8) is 0 Å². The molecule has 3 aromatic rings. The number of hydrogen-bond acceptors (Lipinski definition) is 10. The molecule has 1 amide bonds. The van der Waals surface area contributed by atoms with Crippen LogP contribution in [0.3, 0.4) is 0 Å². The van der Waals surface area contributed by atoms with E-state index in [4.69, 9.17) is 9.26 Å². The Bertz CT molecular complexity index is 1630. The standard InChI is InChI=1S/C25H34N6O8S2/c1-15-10-31(16(2)13-32)25(33)20-9-19(28-40(34,35)24-17(3)27-39-18(24)4)7-8-21(20)38-22(15)11-30(6)41(36,37)23-12-29(5)14-26-23/h7-9,12,14-16,22,28,32H,10-11,13H2,1-6H3/t15-,16+,22-/m0/s1. The topological polar surface area (TPSA) is 177 Å². The van der Waals surface area contributed by atoms with E-state index in [1.165, 1.54) is 61.1 Å². The zero-order valence-corrected chi connectivity index (χ0v) is 25.2. The van der Waals surface area contributed by atoms with E-state index in [1.807, 2.05) is 6.92 Å². The Kier molecular flexibility index (Phi) is 8.50. The van der Waals surface area contributed by atoms with Crippen LogP contribution in [0.25, 0.3) is 0 Å². The first-order chi connectivity index (χ1) is 19.1. The van der Waals surface area contributed by atoms with Crippen LogP contribution in [0.1, 0.15) is 35.7 Å². The van der Waals surface area contributed by atoms with Crippen LogP contribution < -0.4 is 9.46 Å². The quantitative estimate of drug-likeness (QED) is 0.360. The molecule has 3 atom stereocenters. The second kappa shape index (κ2) is 11.4. The Labute approximate surface area is 239 Å². The van der Waals surface area contributed by atoms with Crippen molar-refractivity contribution in [3.05, 3.63) is 47.7 Å². The second-order valence-electron chi connectivity index (χ2n) is 10.3. The zero-order chi connectivity index (χ0) is 30.3. The Morgan fingerprint density at radius 1 is 1.24 bits per heavy atom. The molecule has 0 unspecified atom stereocenters. The Balaban J connectivity index is 1.70. The second-order valence-corrected chi connectivity index (χ2v) is 13.9. The van der Waals surface area contributed by atoms with Gasteiger partial charge in [0.15, 0.2) is 15.7 Å². The molecule has 3 heterocycles. The van der Waals surface area contributed by atoms with Gasteiger partial charge in [-0.05, 0) is 39.0 Å². The van der Waals surface area contributed by atoms with Gasteiger partial charge in [-0.1, -0.05) is 12.1 Å². The van der Waals surface area contributed by atoms with E-state index in [9.17, 15) is 26.7 Å². The van der Waals surface area contributed by atoms with Gasteiger partial charge < -0.3 is 23.8 Å². The van der Waals surface area contributed by atoms with Gasteiger partial charge in [-0.3, -0.25) is 9.52 Å². The lowest BCUT2D eigenvalue weighted by Crippen LogP contribution is -2.50. The molecule has 16 heteroatoms. The van der Waals surface area contributed by atoms with Crippen LogP contribution >= 0.6 is 0 Å². The van der Waals surface area contributed by atoms with Crippen LogP contribution in [0.2, 0.25) is 0 Å². The van der Waals surface area contributed by atoms with Gasteiger partial charge in [0.05, 0.1) is 31.1 Å². The summed E-state index contributed by atoms with van der Waals surface area (Å²) in [5, 5.41) is 13.5. The highest BCUT2D eigenvalue weighted by atomic mass is 32.2. The molecule has 0 aliphatic carbocycles. The Morgan fingerprint density at radius 2 is 1.95 bits per heavy atom. The van der Waals surface area contributed by atoms with Gasteiger partial charge in [-0.2, -0.15) is 4.31 Å². The smallest absolute Gasteiger partial charge is 0.267 e. The summed E-state index contributed by atoms with van der Waals surface area (Å²) in [4.78, 5) is 19.0. The Morgan fingerprint density at radius 3 is 2.54 bits per heavy atom. The zero-order valence-electron chi connectivity index (χ0n) is 23.6. The number of sulfonamides is 2. The molecule has 2 aromatic heterocycles. The van der Waals surface area contributed by atoms with Gasteiger partial charge >= 0.3 is 0 Å². The lowest BCUT2D eigenvalue weighted by Gasteiger charge is -2.38. The monoisotopic (exact) mass is 610 g/mol. The molecule has 0 radical (unpaired) electrons. The largest absolute Gasteiger partial charge is 0.488 e. The van der Waals surface area contributed by atoms with Gasteiger partial charge in [-0.25, -0.2) is 21.8 Å². The molecule has 0 bridgehead atoms. The summed E-state index contributed by atoms with van der Waals surface area (Å²) >= 11 is 0. The summed E-state index contributed by atoms with van der Waals surface area (Å²) < 4.78 is 68.8. The van der Waals surface area contributed by atoms with Crippen LogP contribution in [0.5, 0.6) is 5.75 Å². The van der Waals surface area contributed by atoms with Crippen molar-refractivity contribution >= 4 is 31.6 Å². The highest BCUT2D eigenvalue weighted by Gasteiger charge is 2.36. The number of aryl methyl sites for hydroxylation is 3. The van der Waals surface area contributed by atoms with E-state index in [0.29, 0.717) is 0 Å². The number of carbonyl (C=O) groups excluding carboxylic acids is 1. The lowest BCUT2D eigenvalue weighted by molar-refractivity contribution is 0.0387.